The maximum absolute atomic E-state index is 12.5. The molecule has 0 unspecified atom stereocenters. The van der Waals surface area contributed by atoms with Crippen LogP contribution in [0.5, 0.6) is 0 Å². The van der Waals surface area contributed by atoms with Gasteiger partial charge in [0.2, 0.25) is 0 Å². The van der Waals surface area contributed by atoms with Gasteiger partial charge in [0.25, 0.3) is 21.7 Å². The summed E-state index contributed by atoms with van der Waals surface area (Å²) in [5, 5.41) is 17.8. The number of anilines is 2. The minimum atomic E-state index is -4.43. The first-order valence-electron chi connectivity index (χ1n) is 12.3. The van der Waals surface area contributed by atoms with E-state index in [0.29, 0.717) is 33.4 Å². The first kappa shape index (κ1) is 27.3. The van der Waals surface area contributed by atoms with Crippen LogP contribution in [0, 0.1) is 10.1 Å². The molecule has 0 atom stereocenters. The zero-order chi connectivity index (χ0) is 29.1. The molecule has 10 heteroatoms. The number of carbonyl (C=O) groups is 1. The second-order valence-corrected chi connectivity index (χ2v) is 10.5. The molecule has 0 fully saturated rings. The molecule has 0 heterocycles. The lowest BCUT2D eigenvalue weighted by Gasteiger charge is -2.15. The van der Waals surface area contributed by atoms with E-state index in [4.69, 9.17) is 0 Å². The zero-order valence-corrected chi connectivity index (χ0v) is 22.3. The Hall–Kier alpha value is -5.32. The average Bonchev–Trinajstić information content (AvgIpc) is 2.97. The number of nitrogens with one attached hydrogen (secondary N) is 2. The molecule has 0 saturated carbocycles. The number of hydrogen-bond acceptors (Lipinski definition) is 6. The quantitative estimate of drug-likeness (QED) is 0.105. The monoisotopic (exact) mass is 565 g/mol. The lowest BCUT2D eigenvalue weighted by molar-refractivity contribution is -0.384. The van der Waals surface area contributed by atoms with Gasteiger partial charge in [0.15, 0.2) is 0 Å². The molecule has 0 aliphatic heterocycles. The number of nitrogens with zero attached hydrogens (tertiary/aromatic N) is 1. The van der Waals surface area contributed by atoms with E-state index >= 15 is 0 Å². The molecule has 9 nitrogen and oxygen atoms in total. The highest BCUT2D eigenvalue weighted by Crippen LogP contribution is 2.32. The number of hydrogen-bond donors (Lipinski definition) is 3. The van der Waals surface area contributed by atoms with E-state index in [1.165, 1.54) is 30.3 Å². The highest BCUT2D eigenvalue weighted by Gasteiger charge is 2.17. The standard InChI is InChI=1S/C31H23N3O6S/c1-20(32-28-6-2-4-24-5-3-7-29(30(24)28)41(38,39)40)21-8-10-22(11-9-21)23-12-16-26(17-13-23)33-31(35)25-14-18-27(19-15-25)34(36)37/h2-19,32H,1H2,(H,33,35)(H,38,39,40). The van der Waals surface area contributed by atoms with Gasteiger partial charge in [-0.3, -0.25) is 19.5 Å². The van der Waals surface area contributed by atoms with Crippen LogP contribution in [-0.2, 0) is 10.1 Å². The molecule has 0 spiro atoms. The number of benzene rings is 5. The van der Waals surface area contributed by atoms with Gasteiger partial charge < -0.3 is 10.6 Å². The van der Waals surface area contributed by atoms with Crippen LogP contribution in [0.25, 0.3) is 27.6 Å². The van der Waals surface area contributed by atoms with Crippen LogP contribution in [0.2, 0.25) is 0 Å². The Kier molecular flexibility index (Phi) is 7.34. The second kappa shape index (κ2) is 11.0. The van der Waals surface area contributed by atoms with Crippen molar-refractivity contribution in [2.45, 2.75) is 4.90 Å². The first-order chi connectivity index (χ1) is 19.6. The maximum Gasteiger partial charge on any atom is 0.295 e. The molecule has 0 bridgehead atoms. The summed E-state index contributed by atoms with van der Waals surface area (Å²) in [5.41, 5.74) is 4.45. The first-order valence-corrected chi connectivity index (χ1v) is 13.8. The van der Waals surface area contributed by atoms with E-state index in [1.807, 2.05) is 36.4 Å². The molecule has 0 radical (unpaired) electrons. The van der Waals surface area contributed by atoms with E-state index < -0.39 is 15.0 Å². The normalized spacial score (nSPS) is 11.1. The smallest absolute Gasteiger partial charge is 0.295 e. The van der Waals surface area contributed by atoms with Gasteiger partial charge >= 0.3 is 0 Å². The molecular weight excluding hydrogens is 542 g/mol. The van der Waals surface area contributed by atoms with Crippen LogP contribution in [-0.4, -0.2) is 23.8 Å². The minimum absolute atomic E-state index is 0.0869. The Morgan fingerprint density at radius 3 is 1.90 bits per heavy atom. The highest BCUT2D eigenvalue weighted by molar-refractivity contribution is 7.86. The van der Waals surface area contributed by atoms with E-state index in [1.54, 1.807) is 42.5 Å². The van der Waals surface area contributed by atoms with E-state index in [9.17, 15) is 27.9 Å². The maximum atomic E-state index is 12.5. The number of nitro groups is 1. The van der Waals surface area contributed by atoms with Crippen LogP contribution in [0.4, 0.5) is 17.1 Å². The van der Waals surface area contributed by atoms with Crippen molar-refractivity contribution in [2.24, 2.45) is 0 Å². The van der Waals surface area contributed by atoms with Gasteiger partial charge in [-0.1, -0.05) is 67.2 Å². The summed E-state index contributed by atoms with van der Waals surface area (Å²) in [7, 11) is -4.43. The van der Waals surface area contributed by atoms with Crippen molar-refractivity contribution in [1.82, 2.24) is 0 Å². The fourth-order valence-electron chi connectivity index (χ4n) is 4.41. The Morgan fingerprint density at radius 2 is 1.32 bits per heavy atom. The molecule has 204 valence electrons. The Bertz CT molecular complexity index is 1900. The van der Waals surface area contributed by atoms with Crippen molar-refractivity contribution in [1.29, 1.82) is 0 Å². The molecule has 5 rings (SSSR count). The third-order valence-electron chi connectivity index (χ3n) is 6.48. The third-order valence-corrected chi connectivity index (χ3v) is 7.38. The van der Waals surface area contributed by atoms with Crippen molar-refractivity contribution in [3.8, 4) is 11.1 Å². The fourth-order valence-corrected chi connectivity index (χ4v) is 5.14. The summed E-state index contributed by atoms with van der Waals surface area (Å²) in [4.78, 5) is 22.6. The molecule has 1 amide bonds. The van der Waals surface area contributed by atoms with Crippen molar-refractivity contribution < 1.29 is 22.7 Å². The Labute approximate surface area is 235 Å². The van der Waals surface area contributed by atoms with Gasteiger partial charge in [0.1, 0.15) is 4.90 Å². The van der Waals surface area contributed by atoms with Crippen molar-refractivity contribution in [3.05, 3.63) is 137 Å². The number of fused-ring (bicyclic) bond motifs is 1. The van der Waals surface area contributed by atoms with E-state index in [-0.39, 0.29) is 16.5 Å². The van der Waals surface area contributed by atoms with Crippen molar-refractivity contribution in [3.63, 3.8) is 0 Å². The molecule has 0 aliphatic carbocycles. The number of rotatable bonds is 8. The van der Waals surface area contributed by atoms with Crippen molar-refractivity contribution in [2.75, 3.05) is 10.6 Å². The molecule has 3 N–H and O–H groups in total. The topological polar surface area (TPSA) is 139 Å². The van der Waals surface area contributed by atoms with Gasteiger partial charge in [-0.25, -0.2) is 0 Å². The summed E-state index contributed by atoms with van der Waals surface area (Å²) >= 11 is 0. The van der Waals surface area contributed by atoms with Gasteiger partial charge in [-0.05, 0) is 58.5 Å². The predicted molar refractivity (Wildman–Crippen MR) is 159 cm³/mol. The predicted octanol–water partition coefficient (Wildman–Crippen LogP) is 7.00. The minimum Gasteiger partial charge on any atom is -0.355 e. The summed E-state index contributed by atoms with van der Waals surface area (Å²) in [5.74, 6) is -0.377. The molecular formula is C31H23N3O6S. The summed E-state index contributed by atoms with van der Waals surface area (Å²) in [6, 6.07) is 30.2. The third kappa shape index (κ3) is 5.98. The molecule has 41 heavy (non-hydrogen) atoms. The lowest BCUT2D eigenvalue weighted by atomic mass is 10.0. The largest absolute Gasteiger partial charge is 0.355 e. The van der Waals surface area contributed by atoms with Crippen LogP contribution >= 0.6 is 0 Å². The van der Waals surface area contributed by atoms with Crippen molar-refractivity contribution >= 4 is 49.6 Å². The molecule has 5 aromatic rings. The summed E-state index contributed by atoms with van der Waals surface area (Å²) in [6.07, 6.45) is 0. The summed E-state index contributed by atoms with van der Waals surface area (Å²) in [6.45, 7) is 4.10. The van der Waals surface area contributed by atoms with Crippen LogP contribution in [0.1, 0.15) is 15.9 Å². The number of amides is 1. The number of carbonyl (C=O) groups excluding carboxylic acids is 1. The SMILES string of the molecule is C=C(Nc1cccc2cccc(S(=O)(=O)O)c12)c1ccc(-c2ccc(NC(=O)c3ccc([N+](=O)[O-])cc3)cc2)cc1. The molecule has 0 aliphatic rings. The van der Waals surface area contributed by atoms with E-state index in [2.05, 4.69) is 17.2 Å². The van der Waals surface area contributed by atoms with Gasteiger partial charge in [-0.2, -0.15) is 8.42 Å². The van der Waals surface area contributed by atoms with Crippen LogP contribution in [0.3, 0.4) is 0 Å². The van der Waals surface area contributed by atoms with Crippen LogP contribution < -0.4 is 10.6 Å². The van der Waals surface area contributed by atoms with Gasteiger partial charge in [0, 0.05) is 40.2 Å². The number of non-ortho nitro benzene ring substituents is 1. The lowest BCUT2D eigenvalue weighted by Crippen LogP contribution is -2.11. The van der Waals surface area contributed by atoms with Gasteiger partial charge in [0.05, 0.1) is 4.92 Å². The molecule has 0 aromatic heterocycles. The molecule has 5 aromatic carbocycles. The highest BCUT2D eigenvalue weighted by atomic mass is 32.2. The zero-order valence-electron chi connectivity index (χ0n) is 21.4. The molecule has 0 saturated heterocycles. The summed E-state index contributed by atoms with van der Waals surface area (Å²) < 4.78 is 33.6. The van der Waals surface area contributed by atoms with Gasteiger partial charge in [-0.15, -0.1) is 0 Å². The Morgan fingerprint density at radius 1 is 0.756 bits per heavy atom. The Balaban J connectivity index is 1.29. The average molecular weight is 566 g/mol. The second-order valence-electron chi connectivity index (χ2n) is 9.15. The van der Waals surface area contributed by atoms with E-state index in [0.717, 1.165) is 16.7 Å². The fraction of sp³-hybridized carbons (Fsp3) is 0. The number of nitro benzene ring substituents is 1. The van der Waals surface area contributed by atoms with Crippen LogP contribution in [0.15, 0.2) is 121 Å².